The number of nitrogens with one attached hydrogen (secondary N) is 1. The number of hydrogen-bond donors (Lipinski definition) is 2. The van der Waals surface area contributed by atoms with E-state index in [-0.39, 0.29) is 0 Å². The van der Waals surface area contributed by atoms with Crippen LogP contribution in [0.4, 0.5) is 4.79 Å². The maximum absolute atomic E-state index is 10.7. The first-order valence-corrected chi connectivity index (χ1v) is 3.01. The van der Waals surface area contributed by atoms with Crippen molar-refractivity contribution in [3.63, 3.8) is 0 Å². The Kier molecular flexibility index (Phi) is 2.65. The number of hydrogen-bond acceptors (Lipinski definition) is 2. The molecule has 0 saturated carbocycles. The van der Waals surface area contributed by atoms with Crippen LogP contribution in [0, 0.1) is 0 Å². The molecule has 3 amide bonds. The lowest BCUT2D eigenvalue weighted by Crippen LogP contribution is -2.43. The highest BCUT2D eigenvalue weighted by atomic mass is 35.5. The third-order valence-electron chi connectivity index (χ3n) is 0.777. The van der Waals surface area contributed by atoms with E-state index in [1.165, 1.54) is 13.8 Å². The molecule has 0 rings (SSSR count). The minimum atomic E-state index is -1.09. The second-order valence-electron chi connectivity index (χ2n) is 2.29. The van der Waals surface area contributed by atoms with Crippen LogP contribution in [0.2, 0.25) is 0 Å². The van der Waals surface area contributed by atoms with Gasteiger partial charge in [-0.3, -0.25) is 10.1 Å². The molecule has 0 aromatic carbocycles. The van der Waals surface area contributed by atoms with E-state index in [2.05, 4.69) is 5.73 Å². The molecule has 0 unspecified atom stereocenters. The van der Waals surface area contributed by atoms with E-state index < -0.39 is 16.8 Å². The number of nitrogens with two attached hydrogens (primary N) is 1. The third kappa shape index (κ3) is 3.29. The first-order chi connectivity index (χ1) is 4.34. The Labute approximate surface area is 63.7 Å². The number of rotatable bonds is 1. The van der Waals surface area contributed by atoms with E-state index in [1.807, 2.05) is 5.32 Å². The van der Waals surface area contributed by atoms with Crippen molar-refractivity contribution in [3.05, 3.63) is 0 Å². The molecule has 0 aliphatic carbocycles. The summed E-state index contributed by atoms with van der Waals surface area (Å²) in [5, 5.41) is 1.85. The summed E-state index contributed by atoms with van der Waals surface area (Å²) in [5.41, 5.74) is 4.66. The zero-order valence-corrected chi connectivity index (χ0v) is 6.53. The minimum Gasteiger partial charge on any atom is -0.351 e. The fourth-order valence-corrected chi connectivity index (χ4v) is 0.308. The Balaban J connectivity index is 3.99. The van der Waals surface area contributed by atoms with Crippen LogP contribution in [0.15, 0.2) is 0 Å². The number of carbonyl (C=O) groups is 2. The molecule has 0 radical (unpaired) electrons. The lowest BCUT2D eigenvalue weighted by Gasteiger charge is -2.12. The van der Waals surface area contributed by atoms with E-state index in [0.29, 0.717) is 0 Å². The van der Waals surface area contributed by atoms with Gasteiger partial charge in [-0.05, 0) is 13.8 Å². The van der Waals surface area contributed by atoms with Crippen molar-refractivity contribution in [1.82, 2.24) is 5.32 Å². The molecular formula is C5H9ClN2O2. The van der Waals surface area contributed by atoms with E-state index >= 15 is 0 Å². The molecule has 10 heavy (non-hydrogen) atoms. The second kappa shape index (κ2) is 2.88. The van der Waals surface area contributed by atoms with Gasteiger partial charge in [0.05, 0.1) is 0 Å². The van der Waals surface area contributed by atoms with E-state index in [1.54, 1.807) is 0 Å². The second-order valence-corrected chi connectivity index (χ2v) is 3.24. The molecule has 0 heterocycles. The van der Waals surface area contributed by atoms with Crippen molar-refractivity contribution in [3.8, 4) is 0 Å². The SMILES string of the molecule is CC(C)(Cl)C(=O)NC(N)=O. The van der Waals surface area contributed by atoms with Crippen LogP contribution >= 0.6 is 11.6 Å². The summed E-state index contributed by atoms with van der Waals surface area (Å²) in [6.07, 6.45) is 0. The first kappa shape index (κ1) is 9.23. The van der Waals surface area contributed by atoms with Gasteiger partial charge in [0, 0.05) is 0 Å². The number of carbonyl (C=O) groups excluding carboxylic acids is 2. The molecule has 0 aromatic rings. The quantitative estimate of drug-likeness (QED) is 0.544. The maximum Gasteiger partial charge on any atom is 0.318 e. The van der Waals surface area contributed by atoms with Crippen LogP contribution in [0.5, 0.6) is 0 Å². The van der Waals surface area contributed by atoms with Crippen LogP contribution in [0.25, 0.3) is 0 Å². The summed E-state index contributed by atoms with van der Waals surface area (Å²) in [5.74, 6) is -0.596. The summed E-state index contributed by atoms with van der Waals surface area (Å²) >= 11 is 5.51. The summed E-state index contributed by atoms with van der Waals surface area (Å²) in [4.78, 5) is 19.7. The minimum absolute atomic E-state index is 0.596. The number of primary amides is 1. The highest BCUT2D eigenvalue weighted by Gasteiger charge is 2.24. The molecule has 0 aliphatic rings. The Bertz CT molecular complexity index is 162. The number of amides is 3. The summed E-state index contributed by atoms with van der Waals surface area (Å²) < 4.78 is 0. The van der Waals surface area contributed by atoms with Gasteiger partial charge < -0.3 is 5.73 Å². The summed E-state index contributed by atoms with van der Waals surface area (Å²) in [6, 6.07) is -0.890. The van der Waals surface area contributed by atoms with Gasteiger partial charge >= 0.3 is 6.03 Å². The van der Waals surface area contributed by atoms with Gasteiger partial charge in [0.2, 0.25) is 5.91 Å². The Hall–Kier alpha value is -0.770. The van der Waals surface area contributed by atoms with Crippen molar-refractivity contribution in [2.45, 2.75) is 18.7 Å². The lowest BCUT2D eigenvalue weighted by atomic mass is 10.2. The van der Waals surface area contributed by atoms with Crippen molar-refractivity contribution < 1.29 is 9.59 Å². The average Bonchev–Trinajstić information content (AvgIpc) is 1.60. The summed E-state index contributed by atoms with van der Waals surface area (Å²) in [7, 11) is 0. The largest absolute Gasteiger partial charge is 0.351 e. The van der Waals surface area contributed by atoms with Crippen LogP contribution in [0.1, 0.15) is 13.8 Å². The van der Waals surface area contributed by atoms with Crippen LogP contribution < -0.4 is 11.1 Å². The molecule has 3 N–H and O–H groups in total. The first-order valence-electron chi connectivity index (χ1n) is 2.64. The highest BCUT2D eigenvalue weighted by molar-refractivity contribution is 6.35. The molecule has 0 aromatic heterocycles. The fraction of sp³-hybridized carbons (Fsp3) is 0.600. The number of alkyl halides is 1. The van der Waals surface area contributed by atoms with Crippen molar-refractivity contribution in [1.29, 1.82) is 0 Å². The molecule has 5 heteroatoms. The molecule has 0 atom stereocenters. The highest BCUT2D eigenvalue weighted by Crippen LogP contribution is 2.11. The fourth-order valence-electron chi connectivity index (χ4n) is 0.261. The van der Waals surface area contributed by atoms with Crippen molar-refractivity contribution in [2.75, 3.05) is 0 Å². The Morgan fingerprint density at radius 1 is 1.50 bits per heavy atom. The van der Waals surface area contributed by atoms with Gasteiger partial charge in [-0.25, -0.2) is 4.79 Å². The van der Waals surface area contributed by atoms with E-state index in [0.717, 1.165) is 0 Å². The van der Waals surface area contributed by atoms with E-state index in [9.17, 15) is 9.59 Å². The zero-order valence-electron chi connectivity index (χ0n) is 5.77. The predicted octanol–water partition coefficient (Wildman–Crippen LogP) is 0.199. The lowest BCUT2D eigenvalue weighted by molar-refractivity contribution is -0.121. The molecule has 0 fully saturated rings. The van der Waals surface area contributed by atoms with Crippen molar-refractivity contribution >= 4 is 23.5 Å². The van der Waals surface area contributed by atoms with Crippen LogP contribution in [-0.2, 0) is 4.79 Å². The monoisotopic (exact) mass is 164 g/mol. The Morgan fingerprint density at radius 2 is 1.90 bits per heavy atom. The number of imide groups is 1. The van der Waals surface area contributed by atoms with Gasteiger partial charge in [0.1, 0.15) is 4.87 Å². The molecule has 0 aliphatic heterocycles. The normalized spacial score (nSPS) is 10.7. The number of halogens is 1. The van der Waals surface area contributed by atoms with Gasteiger partial charge in [-0.15, -0.1) is 11.6 Å². The molecule has 0 saturated heterocycles. The topological polar surface area (TPSA) is 72.2 Å². The zero-order chi connectivity index (χ0) is 8.36. The Morgan fingerprint density at radius 3 is 2.00 bits per heavy atom. The summed E-state index contributed by atoms with van der Waals surface area (Å²) in [6.45, 7) is 2.93. The molecule has 4 nitrogen and oxygen atoms in total. The number of urea groups is 1. The molecule has 58 valence electrons. The molecule has 0 bridgehead atoms. The standard InChI is InChI=1S/C5H9ClN2O2/c1-5(2,6)3(9)8-4(7)10/h1-2H3,(H3,7,8,9,10). The van der Waals surface area contributed by atoms with Gasteiger partial charge in [-0.1, -0.05) is 0 Å². The predicted molar refractivity (Wildman–Crippen MR) is 37.7 cm³/mol. The van der Waals surface area contributed by atoms with Crippen LogP contribution in [0.3, 0.4) is 0 Å². The van der Waals surface area contributed by atoms with E-state index in [4.69, 9.17) is 11.6 Å². The molecule has 0 spiro atoms. The third-order valence-corrected chi connectivity index (χ3v) is 0.948. The van der Waals surface area contributed by atoms with Gasteiger partial charge in [-0.2, -0.15) is 0 Å². The van der Waals surface area contributed by atoms with Gasteiger partial charge in [0.25, 0.3) is 0 Å². The maximum atomic E-state index is 10.7. The van der Waals surface area contributed by atoms with Crippen LogP contribution in [-0.4, -0.2) is 16.8 Å². The smallest absolute Gasteiger partial charge is 0.318 e. The molecular weight excluding hydrogens is 156 g/mol. The van der Waals surface area contributed by atoms with Crippen molar-refractivity contribution in [2.24, 2.45) is 5.73 Å². The van der Waals surface area contributed by atoms with Gasteiger partial charge in [0.15, 0.2) is 0 Å². The average molecular weight is 165 g/mol.